The molecular formula is C21H21N5O2S. The smallest absolute Gasteiger partial charge is 0.261 e. The van der Waals surface area contributed by atoms with E-state index in [2.05, 4.69) is 14.9 Å². The summed E-state index contributed by atoms with van der Waals surface area (Å²) in [5.41, 5.74) is 5.06. The molecule has 7 nitrogen and oxygen atoms in total. The monoisotopic (exact) mass is 407 g/mol. The first-order valence-corrected chi connectivity index (χ1v) is 10.6. The lowest BCUT2D eigenvalue weighted by Crippen LogP contribution is -2.12. The topological polar surface area (TPSA) is 81.8 Å². The van der Waals surface area contributed by atoms with Gasteiger partial charge in [-0.3, -0.25) is 9.40 Å². The molecule has 148 valence electrons. The molecule has 0 amide bonds. The standard InChI is InChI=1S/C21H21N5O2S/c1-15-4-10-19(11-5-15)29(27,28)24-17-6-8-18(9-7-17)26-13-12-21(23-26)20-14-25(3)22-16(20)2/h4-14,24H,1-3H3. The fourth-order valence-electron chi connectivity index (χ4n) is 3.08. The fourth-order valence-corrected chi connectivity index (χ4v) is 4.13. The molecule has 0 spiro atoms. The molecule has 4 aromatic rings. The van der Waals surface area contributed by atoms with Crippen LogP contribution in [0.1, 0.15) is 11.3 Å². The van der Waals surface area contributed by atoms with Crippen molar-refractivity contribution in [1.29, 1.82) is 0 Å². The Morgan fingerprint density at radius 3 is 2.21 bits per heavy atom. The van der Waals surface area contributed by atoms with E-state index >= 15 is 0 Å². The van der Waals surface area contributed by atoms with Crippen molar-refractivity contribution in [2.45, 2.75) is 18.7 Å². The maximum absolute atomic E-state index is 12.5. The van der Waals surface area contributed by atoms with Crippen molar-refractivity contribution in [1.82, 2.24) is 19.6 Å². The van der Waals surface area contributed by atoms with Gasteiger partial charge in [-0.15, -0.1) is 0 Å². The minimum Gasteiger partial charge on any atom is -0.280 e. The average Bonchev–Trinajstić information content (AvgIpc) is 3.28. The Morgan fingerprint density at radius 1 is 0.897 bits per heavy atom. The van der Waals surface area contributed by atoms with Crippen molar-refractivity contribution in [3.05, 3.63) is 78.2 Å². The molecule has 0 atom stereocenters. The highest BCUT2D eigenvalue weighted by Crippen LogP contribution is 2.22. The lowest BCUT2D eigenvalue weighted by molar-refractivity contribution is 0.601. The first-order chi connectivity index (χ1) is 13.8. The summed E-state index contributed by atoms with van der Waals surface area (Å²) < 4.78 is 31.2. The molecule has 2 heterocycles. The van der Waals surface area contributed by atoms with E-state index in [0.717, 1.165) is 28.2 Å². The molecule has 1 N–H and O–H groups in total. The minimum atomic E-state index is -3.62. The second kappa shape index (κ2) is 7.21. The molecule has 0 aliphatic heterocycles. The lowest BCUT2D eigenvalue weighted by Gasteiger charge is -2.09. The van der Waals surface area contributed by atoms with E-state index in [1.54, 1.807) is 45.8 Å². The molecule has 0 bridgehead atoms. The van der Waals surface area contributed by atoms with Crippen LogP contribution in [0, 0.1) is 13.8 Å². The number of benzene rings is 2. The van der Waals surface area contributed by atoms with Gasteiger partial charge in [-0.25, -0.2) is 13.1 Å². The molecule has 2 aromatic carbocycles. The Labute approximate surface area is 169 Å². The Morgan fingerprint density at radius 2 is 1.59 bits per heavy atom. The zero-order valence-electron chi connectivity index (χ0n) is 16.4. The number of aryl methyl sites for hydroxylation is 3. The molecule has 0 fully saturated rings. The molecule has 29 heavy (non-hydrogen) atoms. The van der Waals surface area contributed by atoms with Crippen LogP contribution < -0.4 is 4.72 Å². The SMILES string of the molecule is Cc1ccc(S(=O)(=O)Nc2ccc(-n3ccc(-c4cn(C)nc4C)n3)cc2)cc1. The van der Waals surface area contributed by atoms with Gasteiger partial charge >= 0.3 is 0 Å². The maximum Gasteiger partial charge on any atom is 0.261 e. The second-order valence-corrected chi connectivity index (χ2v) is 8.60. The number of aromatic nitrogens is 4. The summed E-state index contributed by atoms with van der Waals surface area (Å²) in [4.78, 5) is 0.232. The van der Waals surface area contributed by atoms with E-state index in [1.807, 2.05) is 51.5 Å². The number of hydrogen-bond donors (Lipinski definition) is 1. The van der Waals surface area contributed by atoms with E-state index in [-0.39, 0.29) is 4.90 Å². The number of sulfonamides is 1. The van der Waals surface area contributed by atoms with E-state index in [9.17, 15) is 8.42 Å². The summed E-state index contributed by atoms with van der Waals surface area (Å²) in [6, 6.07) is 15.7. The zero-order chi connectivity index (χ0) is 20.6. The van der Waals surface area contributed by atoms with Crippen LogP contribution in [0.3, 0.4) is 0 Å². The van der Waals surface area contributed by atoms with Gasteiger partial charge in [-0.2, -0.15) is 10.2 Å². The van der Waals surface area contributed by atoms with E-state index in [4.69, 9.17) is 0 Å². The van der Waals surface area contributed by atoms with Crippen molar-refractivity contribution < 1.29 is 8.42 Å². The summed E-state index contributed by atoms with van der Waals surface area (Å²) in [5.74, 6) is 0. The number of rotatable bonds is 5. The number of nitrogens with one attached hydrogen (secondary N) is 1. The summed E-state index contributed by atoms with van der Waals surface area (Å²) >= 11 is 0. The van der Waals surface area contributed by atoms with E-state index in [1.165, 1.54) is 0 Å². The van der Waals surface area contributed by atoms with Crippen LogP contribution in [0.5, 0.6) is 0 Å². The highest BCUT2D eigenvalue weighted by Gasteiger charge is 2.14. The Bertz CT molecular complexity index is 1250. The van der Waals surface area contributed by atoms with Crippen LogP contribution >= 0.6 is 0 Å². The molecule has 0 radical (unpaired) electrons. The van der Waals surface area contributed by atoms with Crippen LogP contribution in [0.25, 0.3) is 16.9 Å². The van der Waals surface area contributed by atoms with Crippen LogP contribution in [0.15, 0.2) is 71.9 Å². The minimum absolute atomic E-state index is 0.232. The summed E-state index contributed by atoms with van der Waals surface area (Å²) in [6.45, 7) is 3.86. The maximum atomic E-state index is 12.5. The van der Waals surface area contributed by atoms with Crippen molar-refractivity contribution >= 4 is 15.7 Å². The predicted molar refractivity (Wildman–Crippen MR) is 112 cm³/mol. The molecule has 2 aromatic heterocycles. The van der Waals surface area contributed by atoms with Gasteiger partial charge in [0.15, 0.2) is 0 Å². The van der Waals surface area contributed by atoms with Gasteiger partial charge in [0.2, 0.25) is 0 Å². The van der Waals surface area contributed by atoms with Gasteiger partial charge in [0.1, 0.15) is 0 Å². The van der Waals surface area contributed by atoms with Crippen LogP contribution in [0.2, 0.25) is 0 Å². The van der Waals surface area contributed by atoms with E-state index < -0.39 is 10.0 Å². The van der Waals surface area contributed by atoms with Crippen LogP contribution in [-0.4, -0.2) is 28.0 Å². The van der Waals surface area contributed by atoms with Gasteiger partial charge in [0.25, 0.3) is 10.0 Å². The van der Waals surface area contributed by atoms with Crippen LogP contribution in [0.4, 0.5) is 5.69 Å². The van der Waals surface area contributed by atoms with Crippen molar-refractivity contribution in [2.75, 3.05) is 4.72 Å². The fraction of sp³-hybridized carbons (Fsp3) is 0.143. The Hall–Kier alpha value is -3.39. The molecular weight excluding hydrogens is 386 g/mol. The summed E-state index contributed by atoms with van der Waals surface area (Å²) in [6.07, 6.45) is 3.80. The van der Waals surface area contributed by atoms with Crippen molar-refractivity contribution in [3.63, 3.8) is 0 Å². The summed E-state index contributed by atoms with van der Waals surface area (Å²) in [5, 5.41) is 8.96. The number of nitrogens with zero attached hydrogens (tertiary/aromatic N) is 4. The molecule has 0 aliphatic rings. The molecule has 0 aliphatic carbocycles. The highest BCUT2D eigenvalue weighted by atomic mass is 32.2. The number of hydrogen-bond acceptors (Lipinski definition) is 4. The normalized spacial score (nSPS) is 11.6. The molecule has 8 heteroatoms. The quantitative estimate of drug-likeness (QED) is 0.547. The van der Waals surface area contributed by atoms with Crippen molar-refractivity contribution in [2.24, 2.45) is 7.05 Å². The average molecular weight is 407 g/mol. The Balaban J connectivity index is 1.54. The number of anilines is 1. The van der Waals surface area contributed by atoms with E-state index in [0.29, 0.717) is 5.69 Å². The van der Waals surface area contributed by atoms with Gasteiger partial charge in [0.05, 0.1) is 22.0 Å². The summed E-state index contributed by atoms with van der Waals surface area (Å²) in [7, 11) is -1.74. The third-order valence-corrected chi connectivity index (χ3v) is 5.99. The third-order valence-electron chi connectivity index (χ3n) is 4.59. The first kappa shape index (κ1) is 18.9. The largest absolute Gasteiger partial charge is 0.280 e. The molecule has 4 rings (SSSR count). The predicted octanol–water partition coefficient (Wildman–Crippen LogP) is 3.69. The molecule has 0 saturated carbocycles. The Kier molecular flexibility index (Phi) is 4.71. The van der Waals surface area contributed by atoms with Gasteiger partial charge in [0, 0.05) is 30.7 Å². The van der Waals surface area contributed by atoms with Crippen molar-refractivity contribution in [3.8, 4) is 16.9 Å². The van der Waals surface area contributed by atoms with Gasteiger partial charge in [-0.05, 0) is 56.3 Å². The van der Waals surface area contributed by atoms with Gasteiger partial charge < -0.3 is 0 Å². The molecule has 0 saturated heterocycles. The lowest BCUT2D eigenvalue weighted by atomic mass is 10.2. The zero-order valence-corrected chi connectivity index (χ0v) is 17.2. The third kappa shape index (κ3) is 3.93. The highest BCUT2D eigenvalue weighted by molar-refractivity contribution is 7.92. The second-order valence-electron chi connectivity index (χ2n) is 6.91. The molecule has 0 unspecified atom stereocenters. The van der Waals surface area contributed by atoms with Gasteiger partial charge in [-0.1, -0.05) is 17.7 Å². The first-order valence-electron chi connectivity index (χ1n) is 9.08. The van der Waals surface area contributed by atoms with Crippen LogP contribution in [-0.2, 0) is 17.1 Å².